The summed E-state index contributed by atoms with van der Waals surface area (Å²) in [5, 5.41) is 6.12. The molecule has 5 nitrogen and oxygen atoms in total. The lowest BCUT2D eigenvalue weighted by molar-refractivity contribution is -0.115. The van der Waals surface area contributed by atoms with Crippen LogP contribution in [0.4, 0.5) is 5.69 Å². The van der Waals surface area contributed by atoms with Gasteiger partial charge in [-0.3, -0.25) is 9.59 Å². The molecule has 2 amide bonds. The molecule has 2 aliphatic rings. The number of hydrogen-bond donors (Lipinski definition) is 2. The molecule has 26 heavy (non-hydrogen) atoms. The molecule has 1 aromatic carbocycles. The second kappa shape index (κ2) is 9.38. The maximum Gasteiger partial charge on any atom is 0.253 e. The molecule has 0 radical (unpaired) electrons. The van der Waals surface area contributed by atoms with Crippen molar-refractivity contribution in [1.82, 2.24) is 10.2 Å². The number of piperidine rings is 1. The van der Waals surface area contributed by atoms with Crippen LogP contribution < -0.4 is 10.6 Å². The Morgan fingerprint density at radius 3 is 2.65 bits per heavy atom. The first-order valence-corrected chi connectivity index (χ1v) is 9.43. The summed E-state index contributed by atoms with van der Waals surface area (Å²) in [5.74, 6) is 1.39. The van der Waals surface area contributed by atoms with Gasteiger partial charge in [0.2, 0.25) is 5.91 Å². The van der Waals surface area contributed by atoms with Crippen LogP contribution in [0.5, 0.6) is 0 Å². The number of aryl methyl sites for hydroxylation is 1. The SMILES string of the molecule is Cc1cc(C(=O)N2CCCC(C)C2)ccc1NC(=O)CNCC1CC1.Cl. The van der Waals surface area contributed by atoms with E-state index in [0.717, 1.165) is 43.2 Å². The number of carbonyl (C=O) groups excluding carboxylic acids is 2. The molecule has 1 aliphatic heterocycles. The minimum absolute atomic E-state index is 0. The van der Waals surface area contributed by atoms with Crippen LogP contribution in [0.25, 0.3) is 0 Å². The van der Waals surface area contributed by atoms with Crippen LogP contribution in [0, 0.1) is 18.8 Å². The number of nitrogens with zero attached hydrogens (tertiary/aromatic N) is 1. The van der Waals surface area contributed by atoms with Crippen molar-refractivity contribution in [2.24, 2.45) is 11.8 Å². The lowest BCUT2D eigenvalue weighted by Crippen LogP contribution is -2.39. The van der Waals surface area contributed by atoms with Crippen molar-refractivity contribution in [3.8, 4) is 0 Å². The van der Waals surface area contributed by atoms with Crippen LogP contribution in [0.3, 0.4) is 0 Å². The zero-order chi connectivity index (χ0) is 17.8. The Hall–Kier alpha value is -1.59. The van der Waals surface area contributed by atoms with Gasteiger partial charge in [-0.1, -0.05) is 6.92 Å². The molecule has 1 aliphatic carbocycles. The van der Waals surface area contributed by atoms with Gasteiger partial charge in [-0.2, -0.15) is 0 Å². The van der Waals surface area contributed by atoms with Crippen LogP contribution >= 0.6 is 12.4 Å². The maximum absolute atomic E-state index is 12.7. The van der Waals surface area contributed by atoms with Gasteiger partial charge in [0.05, 0.1) is 6.54 Å². The molecule has 3 rings (SSSR count). The van der Waals surface area contributed by atoms with Crippen molar-refractivity contribution in [1.29, 1.82) is 0 Å². The highest BCUT2D eigenvalue weighted by Gasteiger charge is 2.23. The van der Waals surface area contributed by atoms with Gasteiger partial charge in [-0.05, 0) is 74.8 Å². The number of amides is 2. The predicted octanol–water partition coefficient (Wildman–Crippen LogP) is 3.23. The van der Waals surface area contributed by atoms with Gasteiger partial charge in [-0.15, -0.1) is 12.4 Å². The topological polar surface area (TPSA) is 61.4 Å². The average molecular weight is 380 g/mol. The van der Waals surface area contributed by atoms with Crippen molar-refractivity contribution in [3.05, 3.63) is 29.3 Å². The Morgan fingerprint density at radius 1 is 1.23 bits per heavy atom. The average Bonchev–Trinajstić information content (AvgIpc) is 3.40. The van der Waals surface area contributed by atoms with Gasteiger partial charge in [0.25, 0.3) is 5.91 Å². The lowest BCUT2D eigenvalue weighted by atomic mass is 9.99. The summed E-state index contributed by atoms with van der Waals surface area (Å²) < 4.78 is 0. The van der Waals surface area contributed by atoms with Crippen molar-refractivity contribution < 1.29 is 9.59 Å². The van der Waals surface area contributed by atoms with Gasteiger partial charge in [0.1, 0.15) is 0 Å². The quantitative estimate of drug-likeness (QED) is 0.797. The lowest BCUT2D eigenvalue weighted by Gasteiger charge is -2.31. The molecule has 2 N–H and O–H groups in total. The molecular formula is C20H30ClN3O2. The van der Waals surface area contributed by atoms with E-state index in [0.29, 0.717) is 18.0 Å². The summed E-state index contributed by atoms with van der Waals surface area (Å²) in [5.41, 5.74) is 2.41. The van der Waals surface area contributed by atoms with E-state index in [-0.39, 0.29) is 24.2 Å². The molecular weight excluding hydrogens is 350 g/mol. The van der Waals surface area contributed by atoms with Gasteiger partial charge in [0, 0.05) is 24.3 Å². The molecule has 0 spiro atoms. The minimum atomic E-state index is -0.0346. The Balaban J connectivity index is 0.00000243. The van der Waals surface area contributed by atoms with E-state index in [2.05, 4.69) is 17.6 Å². The fourth-order valence-electron chi connectivity index (χ4n) is 3.40. The summed E-state index contributed by atoms with van der Waals surface area (Å²) in [4.78, 5) is 26.6. The minimum Gasteiger partial charge on any atom is -0.338 e. The second-order valence-electron chi connectivity index (χ2n) is 7.65. The van der Waals surface area contributed by atoms with Crippen LogP contribution in [0.15, 0.2) is 18.2 Å². The number of carbonyl (C=O) groups is 2. The maximum atomic E-state index is 12.7. The van der Waals surface area contributed by atoms with Crippen molar-refractivity contribution in [2.45, 2.75) is 39.5 Å². The first-order valence-electron chi connectivity index (χ1n) is 9.43. The molecule has 0 aromatic heterocycles. The number of rotatable bonds is 6. The monoisotopic (exact) mass is 379 g/mol. The van der Waals surface area contributed by atoms with Crippen LogP contribution in [0.1, 0.15) is 48.5 Å². The van der Waals surface area contributed by atoms with Crippen molar-refractivity contribution in [2.75, 3.05) is 31.5 Å². The van der Waals surface area contributed by atoms with Gasteiger partial charge in [-0.25, -0.2) is 0 Å². The number of halogens is 1. The zero-order valence-electron chi connectivity index (χ0n) is 15.7. The normalized spacial score (nSPS) is 19.6. The largest absolute Gasteiger partial charge is 0.338 e. The smallest absolute Gasteiger partial charge is 0.253 e. The first-order chi connectivity index (χ1) is 12.0. The number of likely N-dealkylation sites (tertiary alicyclic amines) is 1. The molecule has 6 heteroatoms. The third kappa shape index (κ3) is 5.71. The van der Waals surface area contributed by atoms with E-state index < -0.39 is 0 Å². The van der Waals surface area contributed by atoms with Gasteiger partial charge in [0.15, 0.2) is 0 Å². The molecule has 1 unspecified atom stereocenters. The fourth-order valence-corrected chi connectivity index (χ4v) is 3.40. The molecule has 0 bridgehead atoms. The Kier molecular flexibility index (Phi) is 7.47. The summed E-state index contributed by atoms with van der Waals surface area (Å²) in [6.45, 7) is 7.07. The van der Waals surface area contributed by atoms with Crippen LogP contribution in [0.2, 0.25) is 0 Å². The van der Waals surface area contributed by atoms with E-state index in [1.54, 1.807) is 0 Å². The van der Waals surface area contributed by atoms with Crippen LogP contribution in [-0.4, -0.2) is 42.9 Å². The summed E-state index contributed by atoms with van der Waals surface area (Å²) in [6, 6.07) is 5.55. The van der Waals surface area contributed by atoms with E-state index in [1.807, 2.05) is 30.0 Å². The third-order valence-corrected chi connectivity index (χ3v) is 5.11. The Bertz CT molecular complexity index is 646. The number of nitrogens with one attached hydrogen (secondary N) is 2. The molecule has 1 atom stereocenters. The van der Waals surface area contributed by atoms with Gasteiger partial charge >= 0.3 is 0 Å². The third-order valence-electron chi connectivity index (χ3n) is 5.11. The number of benzene rings is 1. The second-order valence-corrected chi connectivity index (χ2v) is 7.65. The highest BCUT2D eigenvalue weighted by Crippen LogP contribution is 2.27. The standard InChI is InChI=1S/C20H29N3O2.ClH/c1-14-4-3-9-23(13-14)20(25)17-7-8-18(15(2)10-17)22-19(24)12-21-11-16-5-6-16;/h7-8,10,14,16,21H,3-6,9,11-13H2,1-2H3,(H,22,24);1H. The zero-order valence-corrected chi connectivity index (χ0v) is 16.5. The molecule has 2 fully saturated rings. The Morgan fingerprint density at radius 2 is 2.00 bits per heavy atom. The first kappa shape index (κ1) is 20.7. The summed E-state index contributed by atoms with van der Waals surface area (Å²) in [6.07, 6.45) is 4.83. The summed E-state index contributed by atoms with van der Waals surface area (Å²) >= 11 is 0. The Labute approximate surface area is 162 Å². The molecule has 1 aromatic rings. The highest BCUT2D eigenvalue weighted by molar-refractivity contribution is 5.97. The summed E-state index contributed by atoms with van der Waals surface area (Å²) in [7, 11) is 0. The number of anilines is 1. The van der Waals surface area contributed by atoms with Crippen molar-refractivity contribution >= 4 is 29.9 Å². The molecule has 1 heterocycles. The molecule has 144 valence electrons. The predicted molar refractivity (Wildman–Crippen MR) is 107 cm³/mol. The van der Waals surface area contributed by atoms with Crippen molar-refractivity contribution in [3.63, 3.8) is 0 Å². The molecule has 1 saturated carbocycles. The van der Waals surface area contributed by atoms with E-state index >= 15 is 0 Å². The fraction of sp³-hybridized carbons (Fsp3) is 0.600. The van der Waals surface area contributed by atoms with E-state index in [9.17, 15) is 9.59 Å². The number of hydrogen-bond acceptors (Lipinski definition) is 3. The molecule has 1 saturated heterocycles. The van der Waals surface area contributed by atoms with Crippen LogP contribution in [-0.2, 0) is 4.79 Å². The van der Waals surface area contributed by atoms with E-state index in [1.165, 1.54) is 19.3 Å². The van der Waals surface area contributed by atoms with Gasteiger partial charge < -0.3 is 15.5 Å². The highest BCUT2D eigenvalue weighted by atomic mass is 35.5. The van der Waals surface area contributed by atoms with E-state index in [4.69, 9.17) is 0 Å².